The second kappa shape index (κ2) is 6.07. The first-order valence-electron chi connectivity index (χ1n) is 5.57. The molecule has 0 unspecified atom stereocenters. The summed E-state index contributed by atoms with van der Waals surface area (Å²) in [6.45, 7) is 3.90. The van der Waals surface area contributed by atoms with Gasteiger partial charge in [-0.1, -0.05) is 41.6 Å². The van der Waals surface area contributed by atoms with Crippen LogP contribution < -0.4 is 4.74 Å². The third-order valence-corrected chi connectivity index (χ3v) is 3.13. The van der Waals surface area contributed by atoms with Gasteiger partial charge in [-0.2, -0.15) is 0 Å². The molecule has 94 valence electrons. The number of hydrogen-bond donors (Lipinski definition) is 0. The molecule has 1 aromatic heterocycles. The van der Waals surface area contributed by atoms with Crippen LogP contribution in [-0.4, -0.2) is 16.1 Å². The Morgan fingerprint density at radius 1 is 1.22 bits per heavy atom. The van der Waals surface area contributed by atoms with E-state index in [2.05, 4.69) is 9.97 Å². The van der Waals surface area contributed by atoms with Crippen LogP contribution in [0, 0.1) is 0 Å². The lowest BCUT2D eigenvalue weighted by Gasteiger charge is -2.11. The maximum Gasteiger partial charge on any atom is 0.247 e. The molecule has 0 saturated heterocycles. The molecule has 18 heavy (non-hydrogen) atoms. The summed E-state index contributed by atoms with van der Waals surface area (Å²) in [7, 11) is 0. The average Bonchev–Trinajstić information content (AvgIpc) is 2.33. The summed E-state index contributed by atoms with van der Waals surface area (Å²) in [6.07, 6.45) is 1.55. The summed E-state index contributed by atoms with van der Waals surface area (Å²) in [5.74, 6) is 0.517. The third-order valence-electron chi connectivity index (χ3n) is 1.98. The van der Waals surface area contributed by atoms with Crippen LogP contribution in [0.25, 0.3) is 0 Å². The number of aromatic nitrogens is 2. The molecule has 5 heteroatoms. The second-order valence-corrected chi connectivity index (χ2v) is 5.33. The van der Waals surface area contributed by atoms with Gasteiger partial charge in [0, 0.05) is 4.90 Å². The van der Waals surface area contributed by atoms with Crippen molar-refractivity contribution in [2.24, 2.45) is 0 Å². The molecule has 0 saturated carbocycles. The van der Waals surface area contributed by atoms with Crippen LogP contribution in [0.5, 0.6) is 5.88 Å². The van der Waals surface area contributed by atoms with Crippen molar-refractivity contribution in [3.63, 3.8) is 0 Å². The van der Waals surface area contributed by atoms with Crippen LogP contribution in [0.4, 0.5) is 0 Å². The van der Waals surface area contributed by atoms with Crippen molar-refractivity contribution in [1.82, 2.24) is 9.97 Å². The Kier molecular flexibility index (Phi) is 4.44. The van der Waals surface area contributed by atoms with E-state index in [0.717, 1.165) is 4.90 Å². The lowest BCUT2D eigenvalue weighted by molar-refractivity contribution is 0.224. The van der Waals surface area contributed by atoms with E-state index in [4.69, 9.17) is 16.3 Å². The molecule has 1 heterocycles. The van der Waals surface area contributed by atoms with Crippen LogP contribution in [-0.2, 0) is 0 Å². The summed E-state index contributed by atoms with van der Waals surface area (Å²) in [5, 5.41) is 1.05. The van der Waals surface area contributed by atoms with Gasteiger partial charge in [0.25, 0.3) is 0 Å². The Bertz CT molecular complexity index is 520. The summed E-state index contributed by atoms with van der Waals surface area (Å²) >= 11 is 7.36. The highest BCUT2D eigenvalue weighted by Crippen LogP contribution is 2.32. The highest BCUT2D eigenvalue weighted by Gasteiger charge is 2.11. The fraction of sp³-hybridized carbons (Fsp3) is 0.231. The lowest BCUT2D eigenvalue weighted by atomic mass is 10.4. The molecular formula is C13H13ClN2OS. The molecule has 0 atom stereocenters. The van der Waals surface area contributed by atoms with E-state index in [9.17, 15) is 0 Å². The van der Waals surface area contributed by atoms with Gasteiger partial charge in [-0.3, -0.25) is 0 Å². The number of nitrogens with zero attached hydrogens (tertiary/aromatic N) is 2. The van der Waals surface area contributed by atoms with Crippen molar-refractivity contribution >= 4 is 23.4 Å². The van der Waals surface area contributed by atoms with Gasteiger partial charge >= 0.3 is 0 Å². The van der Waals surface area contributed by atoms with Gasteiger partial charge in [-0.05, 0) is 26.0 Å². The van der Waals surface area contributed by atoms with Crippen molar-refractivity contribution in [2.75, 3.05) is 0 Å². The van der Waals surface area contributed by atoms with E-state index >= 15 is 0 Å². The van der Waals surface area contributed by atoms with Crippen molar-refractivity contribution in [1.29, 1.82) is 0 Å². The molecule has 2 aromatic rings. The average molecular weight is 281 g/mol. The summed E-state index contributed by atoms with van der Waals surface area (Å²) in [6, 6.07) is 9.94. The first-order valence-corrected chi connectivity index (χ1v) is 6.76. The number of ether oxygens (including phenoxy) is 1. The molecule has 0 spiro atoms. The maximum atomic E-state index is 5.88. The van der Waals surface area contributed by atoms with Crippen LogP contribution in [0.1, 0.15) is 13.8 Å². The summed E-state index contributed by atoms with van der Waals surface area (Å²) in [5.41, 5.74) is 0. The van der Waals surface area contributed by atoms with Gasteiger partial charge < -0.3 is 4.74 Å². The Hall–Kier alpha value is -1.26. The Morgan fingerprint density at radius 3 is 2.61 bits per heavy atom. The van der Waals surface area contributed by atoms with Crippen molar-refractivity contribution in [2.45, 2.75) is 29.9 Å². The first-order chi connectivity index (χ1) is 8.65. The zero-order valence-corrected chi connectivity index (χ0v) is 11.7. The van der Waals surface area contributed by atoms with Gasteiger partial charge in [0.1, 0.15) is 5.15 Å². The zero-order chi connectivity index (χ0) is 13.0. The Labute approximate surface area is 116 Å². The minimum atomic E-state index is 0.0515. The SMILES string of the molecule is CC(C)Oc1ncc(Cl)nc1Sc1ccccc1. The predicted octanol–water partition coefficient (Wildman–Crippen LogP) is 4.07. The molecule has 2 rings (SSSR count). The Balaban J connectivity index is 2.27. The minimum Gasteiger partial charge on any atom is -0.473 e. The predicted molar refractivity (Wildman–Crippen MR) is 73.4 cm³/mol. The first kappa shape index (κ1) is 13.2. The fourth-order valence-electron chi connectivity index (χ4n) is 1.31. The van der Waals surface area contributed by atoms with Gasteiger partial charge in [-0.15, -0.1) is 0 Å². The van der Waals surface area contributed by atoms with Crippen molar-refractivity contribution < 1.29 is 4.74 Å². The van der Waals surface area contributed by atoms with E-state index in [1.165, 1.54) is 18.0 Å². The molecular weight excluding hydrogens is 268 g/mol. The molecule has 0 radical (unpaired) electrons. The third kappa shape index (κ3) is 3.62. The normalized spacial score (nSPS) is 10.7. The fourth-order valence-corrected chi connectivity index (χ4v) is 2.34. The highest BCUT2D eigenvalue weighted by molar-refractivity contribution is 7.99. The second-order valence-electron chi connectivity index (χ2n) is 3.88. The van der Waals surface area contributed by atoms with Gasteiger partial charge in [0.05, 0.1) is 12.3 Å². The Morgan fingerprint density at radius 2 is 1.94 bits per heavy atom. The molecule has 0 fully saturated rings. The number of halogens is 1. The largest absolute Gasteiger partial charge is 0.473 e. The molecule has 1 aromatic carbocycles. The molecule has 0 N–H and O–H groups in total. The smallest absolute Gasteiger partial charge is 0.247 e. The van der Waals surface area contributed by atoms with Crippen LogP contribution >= 0.6 is 23.4 Å². The van der Waals surface area contributed by atoms with Crippen molar-refractivity contribution in [3.05, 3.63) is 41.7 Å². The molecule has 0 aliphatic rings. The van der Waals surface area contributed by atoms with E-state index < -0.39 is 0 Å². The molecule has 0 aliphatic carbocycles. The van der Waals surface area contributed by atoms with Crippen LogP contribution in [0.2, 0.25) is 5.15 Å². The molecule has 0 amide bonds. The van der Waals surface area contributed by atoms with Gasteiger partial charge in [0.2, 0.25) is 5.88 Å². The van der Waals surface area contributed by atoms with Crippen LogP contribution in [0.3, 0.4) is 0 Å². The van der Waals surface area contributed by atoms with Gasteiger partial charge in [-0.25, -0.2) is 9.97 Å². The maximum absolute atomic E-state index is 5.88. The van der Waals surface area contributed by atoms with E-state index in [1.54, 1.807) is 0 Å². The number of rotatable bonds is 4. The zero-order valence-electron chi connectivity index (χ0n) is 10.1. The van der Waals surface area contributed by atoms with E-state index in [1.807, 2.05) is 44.2 Å². The number of hydrogen-bond acceptors (Lipinski definition) is 4. The van der Waals surface area contributed by atoms with Crippen molar-refractivity contribution in [3.8, 4) is 5.88 Å². The standard InChI is InChI=1S/C13H13ClN2OS/c1-9(2)17-12-13(16-11(14)8-15-12)18-10-6-4-3-5-7-10/h3-9H,1-2H3. The van der Waals surface area contributed by atoms with E-state index in [-0.39, 0.29) is 6.10 Å². The topological polar surface area (TPSA) is 35.0 Å². The van der Waals surface area contributed by atoms with Crippen LogP contribution in [0.15, 0.2) is 46.5 Å². The molecule has 0 aliphatic heterocycles. The molecule has 3 nitrogen and oxygen atoms in total. The summed E-state index contributed by atoms with van der Waals surface area (Å²) in [4.78, 5) is 9.51. The van der Waals surface area contributed by atoms with Gasteiger partial charge in [0.15, 0.2) is 5.03 Å². The summed E-state index contributed by atoms with van der Waals surface area (Å²) < 4.78 is 5.62. The lowest BCUT2D eigenvalue weighted by Crippen LogP contribution is -2.08. The van der Waals surface area contributed by atoms with E-state index in [0.29, 0.717) is 16.1 Å². The monoisotopic (exact) mass is 280 g/mol. The minimum absolute atomic E-state index is 0.0515. The highest BCUT2D eigenvalue weighted by atomic mass is 35.5. The number of benzene rings is 1. The molecule has 0 bridgehead atoms. The quantitative estimate of drug-likeness (QED) is 0.846.